The molecule has 0 aliphatic carbocycles. The highest BCUT2D eigenvalue weighted by atomic mass is 16.5. The molecule has 0 aromatic rings. The fourth-order valence-electron chi connectivity index (χ4n) is 1.40. The van der Waals surface area contributed by atoms with Crippen molar-refractivity contribution in [2.75, 3.05) is 26.2 Å². The van der Waals surface area contributed by atoms with E-state index >= 15 is 0 Å². The first-order valence-corrected chi connectivity index (χ1v) is 5.26. The summed E-state index contributed by atoms with van der Waals surface area (Å²) in [5.41, 5.74) is 5.88. The molecule has 1 aliphatic heterocycles. The van der Waals surface area contributed by atoms with Crippen molar-refractivity contribution in [2.24, 2.45) is 16.6 Å². The number of rotatable bonds is 2. The number of nitrogens with zero attached hydrogens (tertiary/aromatic N) is 2. The van der Waals surface area contributed by atoms with E-state index in [-0.39, 0.29) is 6.10 Å². The molecule has 1 heterocycles. The van der Waals surface area contributed by atoms with Crippen molar-refractivity contribution in [3.8, 4) is 0 Å². The van der Waals surface area contributed by atoms with Gasteiger partial charge in [0.2, 0.25) is 0 Å². The molecule has 1 rings (SSSR count). The molecule has 0 spiro atoms. The Bertz CT molecular complexity index is 204. The molecule has 2 N–H and O–H groups in total. The molecule has 0 amide bonds. The maximum Gasteiger partial charge on any atom is 0.191 e. The summed E-state index contributed by atoms with van der Waals surface area (Å²) in [6.45, 7) is 9.60. The Hall–Kier alpha value is -0.770. The predicted octanol–water partition coefficient (Wildman–Crippen LogP) is 0.678. The van der Waals surface area contributed by atoms with E-state index in [4.69, 9.17) is 10.5 Å². The van der Waals surface area contributed by atoms with Crippen molar-refractivity contribution in [1.82, 2.24) is 4.90 Å². The van der Waals surface area contributed by atoms with Gasteiger partial charge in [-0.05, 0) is 12.8 Å². The lowest BCUT2D eigenvalue weighted by atomic mass is 10.2. The summed E-state index contributed by atoms with van der Waals surface area (Å²) in [6.07, 6.45) is 0.261. The average Bonchev–Trinajstić information content (AvgIpc) is 2.14. The number of ether oxygens (including phenoxy) is 1. The fraction of sp³-hybridized carbons (Fsp3) is 0.900. The largest absolute Gasteiger partial charge is 0.375 e. The summed E-state index contributed by atoms with van der Waals surface area (Å²) >= 11 is 0. The second-order valence-corrected chi connectivity index (χ2v) is 4.22. The van der Waals surface area contributed by atoms with E-state index in [0.717, 1.165) is 26.2 Å². The van der Waals surface area contributed by atoms with Crippen molar-refractivity contribution in [2.45, 2.75) is 26.9 Å². The summed E-state index contributed by atoms with van der Waals surface area (Å²) < 4.78 is 5.43. The van der Waals surface area contributed by atoms with Crippen LogP contribution in [-0.2, 0) is 4.74 Å². The topological polar surface area (TPSA) is 50.8 Å². The zero-order chi connectivity index (χ0) is 10.6. The normalized spacial score (nSPS) is 24.4. The highest BCUT2D eigenvalue weighted by Gasteiger charge is 2.17. The van der Waals surface area contributed by atoms with Crippen LogP contribution in [0.4, 0.5) is 0 Å². The molecule has 0 bridgehead atoms. The van der Waals surface area contributed by atoms with Gasteiger partial charge in [-0.3, -0.25) is 4.99 Å². The maximum absolute atomic E-state index is 5.88. The smallest absolute Gasteiger partial charge is 0.191 e. The highest BCUT2D eigenvalue weighted by molar-refractivity contribution is 5.78. The van der Waals surface area contributed by atoms with Crippen LogP contribution in [0.3, 0.4) is 0 Å². The standard InChI is InChI=1S/C10H21N3O/c1-8(2)6-12-10(11)13-4-5-14-9(3)7-13/h8-9H,4-7H2,1-3H3,(H2,11,12). The SMILES string of the molecule is CC(C)CN=C(N)N1CCOC(C)C1. The quantitative estimate of drug-likeness (QED) is 0.525. The van der Waals surface area contributed by atoms with Crippen LogP contribution in [0.25, 0.3) is 0 Å². The molecule has 0 saturated carbocycles. The predicted molar refractivity (Wildman–Crippen MR) is 58.3 cm³/mol. The van der Waals surface area contributed by atoms with Gasteiger partial charge in [0.15, 0.2) is 5.96 Å². The number of guanidine groups is 1. The van der Waals surface area contributed by atoms with Gasteiger partial charge in [0, 0.05) is 19.6 Å². The molecule has 0 aromatic carbocycles. The van der Waals surface area contributed by atoms with Gasteiger partial charge < -0.3 is 15.4 Å². The van der Waals surface area contributed by atoms with Crippen LogP contribution in [0.5, 0.6) is 0 Å². The lowest BCUT2D eigenvalue weighted by molar-refractivity contribution is 0.00528. The summed E-state index contributed by atoms with van der Waals surface area (Å²) in [7, 11) is 0. The van der Waals surface area contributed by atoms with Gasteiger partial charge in [-0.2, -0.15) is 0 Å². The molecule has 82 valence electrons. The number of hydrogen-bond donors (Lipinski definition) is 1. The molecule has 14 heavy (non-hydrogen) atoms. The van der Waals surface area contributed by atoms with Gasteiger partial charge >= 0.3 is 0 Å². The molecule has 4 heteroatoms. The van der Waals surface area contributed by atoms with E-state index in [9.17, 15) is 0 Å². The molecular formula is C10H21N3O. The summed E-state index contributed by atoms with van der Waals surface area (Å²) in [5.74, 6) is 1.22. The molecule has 0 radical (unpaired) electrons. The minimum Gasteiger partial charge on any atom is -0.375 e. The molecule has 4 nitrogen and oxygen atoms in total. The lowest BCUT2D eigenvalue weighted by Gasteiger charge is -2.31. The van der Waals surface area contributed by atoms with Crippen LogP contribution in [0.1, 0.15) is 20.8 Å². The first-order chi connectivity index (χ1) is 6.59. The minimum atomic E-state index is 0.261. The monoisotopic (exact) mass is 199 g/mol. The third-order valence-electron chi connectivity index (χ3n) is 2.18. The number of hydrogen-bond acceptors (Lipinski definition) is 2. The van der Waals surface area contributed by atoms with E-state index < -0.39 is 0 Å². The van der Waals surface area contributed by atoms with E-state index in [1.165, 1.54) is 0 Å². The Morgan fingerprint density at radius 3 is 2.93 bits per heavy atom. The second-order valence-electron chi connectivity index (χ2n) is 4.22. The molecule has 1 aliphatic rings. The van der Waals surface area contributed by atoms with Crippen LogP contribution in [0, 0.1) is 5.92 Å². The van der Waals surface area contributed by atoms with Gasteiger partial charge in [-0.1, -0.05) is 13.8 Å². The Morgan fingerprint density at radius 1 is 1.64 bits per heavy atom. The van der Waals surface area contributed by atoms with Gasteiger partial charge in [-0.25, -0.2) is 0 Å². The van der Waals surface area contributed by atoms with Crippen LogP contribution in [0.15, 0.2) is 4.99 Å². The third kappa shape index (κ3) is 3.54. The molecular weight excluding hydrogens is 178 g/mol. The lowest BCUT2D eigenvalue weighted by Crippen LogP contribution is -2.48. The average molecular weight is 199 g/mol. The van der Waals surface area contributed by atoms with Crippen LogP contribution in [0.2, 0.25) is 0 Å². The van der Waals surface area contributed by atoms with Crippen molar-refractivity contribution < 1.29 is 4.74 Å². The van der Waals surface area contributed by atoms with Gasteiger partial charge in [0.1, 0.15) is 0 Å². The highest BCUT2D eigenvalue weighted by Crippen LogP contribution is 2.04. The van der Waals surface area contributed by atoms with E-state index in [0.29, 0.717) is 11.9 Å². The Labute approximate surface area is 86.1 Å². The second kappa shape index (κ2) is 5.20. The fourth-order valence-corrected chi connectivity index (χ4v) is 1.40. The van der Waals surface area contributed by atoms with Gasteiger partial charge in [-0.15, -0.1) is 0 Å². The van der Waals surface area contributed by atoms with Crippen molar-refractivity contribution in [1.29, 1.82) is 0 Å². The van der Waals surface area contributed by atoms with Gasteiger partial charge in [0.25, 0.3) is 0 Å². The summed E-state index contributed by atoms with van der Waals surface area (Å²) in [5, 5.41) is 0. The van der Waals surface area contributed by atoms with E-state index in [1.807, 2.05) is 0 Å². The molecule has 1 saturated heterocycles. The molecule has 1 unspecified atom stereocenters. The molecule has 1 fully saturated rings. The number of morpholine rings is 1. The van der Waals surface area contributed by atoms with E-state index in [2.05, 4.69) is 30.7 Å². The Kier molecular flexibility index (Phi) is 4.20. The maximum atomic E-state index is 5.88. The number of aliphatic imine (C=N–C) groups is 1. The van der Waals surface area contributed by atoms with E-state index in [1.54, 1.807) is 0 Å². The first-order valence-electron chi connectivity index (χ1n) is 5.26. The number of nitrogens with two attached hydrogens (primary N) is 1. The third-order valence-corrected chi connectivity index (χ3v) is 2.18. The minimum absolute atomic E-state index is 0.261. The van der Waals surface area contributed by atoms with Crippen LogP contribution < -0.4 is 5.73 Å². The first kappa shape index (κ1) is 11.3. The molecule has 1 atom stereocenters. The van der Waals surface area contributed by atoms with Crippen molar-refractivity contribution in [3.63, 3.8) is 0 Å². The zero-order valence-electron chi connectivity index (χ0n) is 9.36. The Morgan fingerprint density at radius 2 is 2.36 bits per heavy atom. The summed E-state index contributed by atoms with van der Waals surface area (Å²) in [4.78, 5) is 6.44. The van der Waals surface area contributed by atoms with Crippen LogP contribution in [-0.4, -0.2) is 43.2 Å². The zero-order valence-corrected chi connectivity index (χ0v) is 9.36. The van der Waals surface area contributed by atoms with Crippen LogP contribution >= 0.6 is 0 Å². The van der Waals surface area contributed by atoms with Gasteiger partial charge in [0.05, 0.1) is 12.7 Å². The molecule has 0 aromatic heterocycles. The van der Waals surface area contributed by atoms with Crippen molar-refractivity contribution in [3.05, 3.63) is 0 Å². The Balaban J connectivity index is 2.42. The van der Waals surface area contributed by atoms with Crippen molar-refractivity contribution >= 4 is 5.96 Å². The summed E-state index contributed by atoms with van der Waals surface area (Å²) in [6, 6.07) is 0.